The van der Waals surface area contributed by atoms with Crippen LogP contribution in [0.2, 0.25) is 0 Å². The van der Waals surface area contributed by atoms with Crippen LogP contribution >= 0.6 is 0 Å². The molecule has 2 N–H and O–H groups in total. The van der Waals surface area contributed by atoms with Gasteiger partial charge in [0.25, 0.3) is 0 Å². The van der Waals surface area contributed by atoms with E-state index in [-0.39, 0.29) is 0 Å². The molecule has 0 aliphatic carbocycles. The number of aromatic nitrogens is 3. The van der Waals surface area contributed by atoms with Crippen molar-refractivity contribution in [2.24, 2.45) is 7.05 Å². The largest absolute Gasteiger partial charge is 0.396 e. The molecule has 0 saturated heterocycles. The summed E-state index contributed by atoms with van der Waals surface area (Å²) >= 11 is 0. The third-order valence-corrected chi connectivity index (χ3v) is 1.97. The summed E-state index contributed by atoms with van der Waals surface area (Å²) in [5.41, 5.74) is 8.11. The van der Waals surface area contributed by atoms with E-state index in [2.05, 4.69) is 10.3 Å². The van der Waals surface area contributed by atoms with Gasteiger partial charge in [-0.3, -0.25) is 4.68 Å². The van der Waals surface area contributed by atoms with Gasteiger partial charge in [0.15, 0.2) is 0 Å². The van der Waals surface area contributed by atoms with E-state index < -0.39 is 0 Å². The van der Waals surface area contributed by atoms with E-state index in [0.717, 1.165) is 17.0 Å². The first-order valence-corrected chi connectivity index (χ1v) is 3.89. The van der Waals surface area contributed by atoms with Crippen molar-refractivity contribution in [3.8, 4) is 11.3 Å². The first kappa shape index (κ1) is 7.85. The average molecular weight is 178 g/mol. The highest BCUT2D eigenvalue weighted by molar-refractivity contribution is 5.72. The predicted octanol–water partition coefficient (Wildman–Crippen LogP) is 0.966. The number of nitrogens with two attached hydrogens (primary N) is 1. The Bertz CT molecular complexity index is 410. The summed E-state index contributed by atoms with van der Waals surface area (Å²) in [4.78, 5) is 0. The molecule has 0 saturated carbocycles. The quantitative estimate of drug-likeness (QED) is 0.706. The van der Waals surface area contributed by atoms with E-state index in [1.54, 1.807) is 17.1 Å². The van der Waals surface area contributed by atoms with Gasteiger partial charge in [-0.05, 0) is 6.92 Å². The van der Waals surface area contributed by atoms with Gasteiger partial charge in [0.1, 0.15) is 5.76 Å². The van der Waals surface area contributed by atoms with Crippen molar-refractivity contribution < 1.29 is 4.52 Å². The predicted molar refractivity (Wildman–Crippen MR) is 47.9 cm³/mol. The highest BCUT2D eigenvalue weighted by Crippen LogP contribution is 2.27. The van der Waals surface area contributed by atoms with Crippen molar-refractivity contribution in [3.05, 3.63) is 18.2 Å². The number of nitrogen functional groups attached to an aromatic ring is 1. The summed E-state index contributed by atoms with van der Waals surface area (Å²) in [6, 6.07) is 0. The topological polar surface area (TPSA) is 69.9 Å². The highest BCUT2D eigenvalue weighted by Gasteiger charge is 2.13. The Labute approximate surface area is 75.1 Å². The Kier molecular flexibility index (Phi) is 1.58. The summed E-state index contributed by atoms with van der Waals surface area (Å²) in [6.45, 7) is 1.84. The molecule has 0 aromatic carbocycles. The molecule has 0 radical (unpaired) electrons. The molecule has 0 aliphatic heterocycles. The van der Waals surface area contributed by atoms with Gasteiger partial charge in [-0.2, -0.15) is 5.10 Å². The fourth-order valence-corrected chi connectivity index (χ4v) is 1.31. The van der Waals surface area contributed by atoms with Crippen molar-refractivity contribution in [2.75, 3.05) is 5.73 Å². The van der Waals surface area contributed by atoms with Crippen LogP contribution in [0.3, 0.4) is 0 Å². The van der Waals surface area contributed by atoms with Crippen molar-refractivity contribution >= 4 is 5.69 Å². The third-order valence-electron chi connectivity index (χ3n) is 1.97. The van der Waals surface area contributed by atoms with Crippen molar-refractivity contribution in [2.45, 2.75) is 6.92 Å². The molecule has 0 amide bonds. The molecule has 2 heterocycles. The third kappa shape index (κ3) is 1.09. The Morgan fingerprint density at radius 2 is 2.23 bits per heavy atom. The number of nitrogens with zero attached hydrogens (tertiary/aromatic N) is 3. The molecule has 0 bridgehead atoms. The minimum absolute atomic E-state index is 0.633. The fraction of sp³-hybridized carbons (Fsp3) is 0.250. The van der Waals surface area contributed by atoms with Crippen molar-refractivity contribution in [1.82, 2.24) is 14.9 Å². The van der Waals surface area contributed by atoms with E-state index in [9.17, 15) is 0 Å². The average Bonchev–Trinajstić information content (AvgIpc) is 2.60. The number of anilines is 1. The molecule has 0 fully saturated rings. The zero-order chi connectivity index (χ0) is 9.42. The van der Waals surface area contributed by atoms with E-state index in [1.807, 2.05) is 14.0 Å². The lowest BCUT2D eigenvalue weighted by Gasteiger charge is -1.99. The molecule has 5 nitrogen and oxygen atoms in total. The van der Waals surface area contributed by atoms with Crippen LogP contribution in [-0.4, -0.2) is 14.9 Å². The second-order valence-corrected chi connectivity index (χ2v) is 2.87. The number of aryl methyl sites for hydroxylation is 2. The Morgan fingerprint density at radius 3 is 2.69 bits per heavy atom. The van der Waals surface area contributed by atoms with E-state index in [4.69, 9.17) is 10.3 Å². The first-order chi connectivity index (χ1) is 6.20. The summed E-state index contributed by atoms with van der Waals surface area (Å²) in [7, 11) is 1.83. The van der Waals surface area contributed by atoms with E-state index in [0.29, 0.717) is 5.69 Å². The zero-order valence-electron chi connectivity index (χ0n) is 7.48. The summed E-state index contributed by atoms with van der Waals surface area (Å²) in [5.74, 6) is 0.746. The van der Waals surface area contributed by atoms with Crippen LogP contribution < -0.4 is 5.73 Å². The normalized spacial score (nSPS) is 10.6. The molecular weight excluding hydrogens is 168 g/mol. The molecular formula is C8H10N4O. The molecule has 2 aromatic rings. The van der Waals surface area contributed by atoms with Gasteiger partial charge in [0.2, 0.25) is 0 Å². The maximum Gasteiger partial charge on any atom is 0.143 e. The van der Waals surface area contributed by atoms with Crippen LogP contribution in [0.25, 0.3) is 11.3 Å². The van der Waals surface area contributed by atoms with Gasteiger partial charge in [0, 0.05) is 7.05 Å². The van der Waals surface area contributed by atoms with Gasteiger partial charge < -0.3 is 10.3 Å². The lowest BCUT2D eigenvalue weighted by atomic mass is 10.2. The smallest absolute Gasteiger partial charge is 0.143 e. The lowest BCUT2D eigenvalue weighted by Crippen LogP contribution is -1.95. The fourth-order valence-electron chi connectivity index (χ4n) is 1.31. The van der Waals surface area contributed by atoms with Crippen molar-refractivity contribution in [1.29, 1.82) is 0 Å². The highest BCUT2D eigenvalue weighted by atomic mass is 16.5. The number of rotatable bonds is 1. The lowest BCUT2D eigenvalue weighted by molar-refractivity contribution is 0.398. The first-order valence-electron chi connectivity index (χ1n) is 3.89. The van der Waals surface area contributed by atoms with Crippen LogP contribution in [0, 0.1) is 6.92 Å². The van der Waals surface area contributed by atoms with E-state index in [1.165, 1.54) is 0 Å². The summed E-state index contributed by atoms with van der Waals surface area (Å²) in [6.07, 6.45) is 3.25. The molecule has 5 heteroatoms. The minimum atomic E-state index is 0.633. The molecule has 0 aliphatic rings. The van der Waals surface area contributed by atoms with Gasteiger partial charge in [-0.25, -0.2) is 0 Å². The van der Waals surface area contributed by atoms with E-state index >= 15 is 0 Å². The maximum atomic E-state index is 5.75. The number of hydrogen-bond donors (Lipinski definition) is 1. The van der Waals surface area contributed by atoms with Crippen LogP contribution in [-0.2, 0) is 7.05 Å². The van der Waals surface area contributed by atoms with Gasteiger partial charge in [-0.1, -0.05) is 5.16 Å². The van der Waals surface area contributed by atoms with Gasteiger partial charge in [-0.15, -0.1) is 0 Å². The minimum Gasteiger partial charge on any atom is -0.396 e. The molecule has 0 atom stereocenters. The second kappa shape index (κ2) is 2.62. The van der Waals surface area contributed by atoms with Crippen LogP contribution in [0.4, 0.5) is 5.69 Å². The van der Waals surface area contributed by atoms with Crippen LogP contribution in [0.15, 0.2) is 16.9 Å². The maximum absolute atomic E-state index is 5.75. The Balaban J connectivity index is 2.64. The molecule has 0 unspecified atom stereocenters. The summed E-state index contributed by atoms with van der Waals surface area (Å²) < 4.78 is 6.65. The SMILES string of the molecule is Cc1oncc1-c1c(N)cnn1C. The number of hydrogen-bond acceptors (Lipinski definition) is 4. The Morgan fingerprint density at radius 1 is 1.46 bits per heavy atom. The monoisotopic (exact) mass is 178 g/mol. The molecule has 0 spiro atoms. The molecule has 2 rings (SSSR count). The van der Waals surface area contributed by atoms with Gasteiger partial charge >= 0.3 is 0 Å². The molecule has 68 valence electrons. The second-order valence-electron chi connectivity index (χ2n) is 2.87. The molecule has 2 aromatic heterocycles. The molecule has 13 heavy (non-hydrogen) atoms. The standard InChI is InChI=1S/C8H10N4O/c1-5-6(3-11-13-5)8-7(9)4-10-12(8)2/h3-4H,9H2,1-2H3. The summed E-state index contributed by atoms with van der Waals surface area (Å²) in [5, 5.41) is 7.72. The van der Waals surface area contributed by atoms with Crippen LogP contribution in [0.1, 0.15) is 5.76 Å². The zero-order valence-corrected chi connectivity index (χ0v) is 7.48. The van der Waals surface area contributed by atoms with Gasteiger partial charge in [0.05, 0.1) is 29.3 Å². The van der Waals surface area contributed by atoms with Crippen molar-refractivity contribution in [3.63, 3.8) is 0 Å². The van der Waals surface area contributed by atoms with Crippen LogP contribution in [0.5, 0.6) is 0 Å². The Hall–Kier alpha value is -1.78.